The molecule has 0 saturated heterocycles. The summed E-state index contributed by atoms with van der Waals surface area (Å²) in [5, 5.41) is 2.93. The quantitative estimate of drug-likeness (QED) is 0.621. The second-order valence-corrected chi connectivity index (χ2v) is 3.33. The Morgan fingerprint density at radius 3 is 2.71 bits per heavy atom. The van der Waals surface area contributed by atoms with E-state index in [1.165, 1.54) is 12.0 Å². The Kier molecular flexibility index (Phi) is 4.51. The molecule has 0 saturated carbocycles. The van der Waals surface area contributed by atoms with Gasteiger partial charge in [-0.1, -0.05) is 6.07 Å². The minimum Gasteiger partial charge on any atom is -0.465 e. The molecule has 17 heavy (non-hydrogen) atoms. The number of nitrogens with zero attached hydrogens (tertiary/aromatic N) is 1. The SMILES string of the molecule is CCN(C=O)c1cccc(C(=O)OC)c1NC. The van der Waals surface area contributed by atoms with Crippen LogP contribution in [0.4, 0.5) is 11.4 Å². The first-order valence-corrected chi connectivity index (χ1v) is 5.30. The summed E-state index contributed by atoms with van der Waals surface area (Å²) in [6.45, 7) is 2.39. The molecule has 0 bridgehead atoms. The number of hydrogen-bond acceptors (Lipinski definition) is 4. The number of esters is 1. The molecule has 92 valence electrons. The van der Waals surface area contributed by atoms with Gasteiger partial charge < -0.3 is 15.0 Å². The number of rotatable bonds is 5. The molecule has 1 rings (SSSR count). The van der Waals surface area contributed by atoms with E-state index in [2.05, 4.69) is 5.32 Å². The lowest BCUT2D eigenvalue weighted by atomic mass is 10.1. The summed E-state index contributed by atoms with van der Waals surface area (Å²) in [5.74, 6) is -0.432. The summed E-state index contributed by atoms with van der Waals surface area (Å²) in [5.41, 5.74) is 1.66. The molecule has 5 heteroatoms. The number of carbonyl (C=O) groups is 2. The van der Waals surface area contributed by atoms with E-state index >= 15 is 0 Å². The fraction of sp³-hybridized carbons (Fsp3) is 0.333. The molecule has 0 atom stereocenters. The molecule has 1 amide bonds. The average Bonchev–Trinajstić information content (AvgIpc) is 2.39. The third kappa shape index (κ3) is 2.55. The van der Waals surface area contributed by atoms with Crippen LogP contribution >= 0.6 is 0 Å². The Bertz CT molecular complexity index is 418. The van der Waals surface area contributed by atoms with Gasteiger partial charge in [-0.15, -0.1) is 0 Å². The lowest BCUT2D eigenvalue weighted by molar-refractivity contribution is -0.107. The largest absolute Gasteiger partial charge is 0.465 e. The van der Waals surface area contributed by atoms with Crippen LogP contribution in [0.15, 0.2) is 18.2 Å². The lowest BCUT2D eigenvalue weighted by Crippen LogP contribution is -2.22. The van der Waals surface area contributed by atoms with Gasteiger partial charge in [0.1, 0.15) is 0 Å². The van der Waals surface area contributed by atoms with Crippen LogP contribution in [0.3, 0.4) is 0 Å². The van der Waals surface area contributed by atoms with Crippen LogP contribution in [0.1, 0.15) is 17.3 Å². The highest BCUT2D eigenvalue weighted by atomic mass is 16.5. The van der Waals surface area contributed by atoms with Gasteiger partial charge in [-0.3, -0.25) is 4.79 Å². The molecular formula is C12H16N2O3. The highest BCUT2D eigenvalue weighted by Crippen LogP contribution is 2.29. The van der Waals surface area contributed by atoms with E-state index in [4.69, 9.17) is 4.74 Å². The average molecular weight is 236 g/mol. The highest BCUT2D eigenvalue weighted by Gasteiger charge is 2.16. The summed E-state index contributed by atoms with van der Waals surface area (Å²) in [6, 6.07) is 5.14. The Labute approximate surface area is 100 Å². The third-order valence-electron chi connectivity index (χ3n) is 2.48. The van der Waals surface area contributed by atoms with E-state index in [1.54, 1.807) is 25.2 Å². The van der Waals surface area contributed by atoms with Crippen molar-refractivity contribution in [3.8, 4) is 0 Å². The molecule has 5 nitrogen and oxygen atoms in total. The van der Waals surface area contributed by atoms with Crippen LogP contribution < -0.4 is 10.2 Å². The number of hydrogen-bond donors (Lipinski definition) is 1. The molecule has 0 aliphatic carbocycles. The van der Waals surface area contributed by atoms with E-state index in [1.807, 2.05) is 6.92 Å². The molecular weight excluding hydrogens is 220 g/mol. The first-order chi connectivity index (χ1) is 8.19. The summed E-state index contributed by atoms with van der Waals surface area (Å²) >= 11 is 0. The number of methoxy groups -OCH3 is 1. The first-order valence-electron chi connectivity index (χ1n) is 5.30. The van der Waals surface area contributed by atoms with Crippen LogP contribution in [-0.2, 0) is 9.53 Å². The van der Waals surface area contributed by atoms with Gasteiger partial charge in [0.2, 0.25) is 6.41 Å². The van der Waals surface area contributed by atoms with Crippen molar-refractivity contribution in [1.82, 2.24) is 0 Å². The standard InChI is InChI=1S/C12H16N2O3/c1-4-14(8-15)10-7-5-6-9(11(10)13-2)12(16)17-3/h5-8,13H,4H2,1-3H3. The first kappa shape index (κ1) is 13.0. The fourth-order valence-electron chi connectivity index (χ4n) is 1.62. The zero-order chi connectivity index (χ0) is 12.8. The monoisotopic (exact) mass is 236 g/mol. The van der Waals surface area contributed by atoms with Crippen molar-refractivity contribution in [3.63, 3.8) is 0 Å². The van der Waals surface area contributed by atoms with Gasteiger partial charge >= 0.3 is 5.97 Å². The predicted molar refractivity (Wildman–Crippen MR) is 66.4 cm³/mol. The van der Waals surface area contributed by atoms with Crippen molar-refractivity contribution in [2.24, 2.45) is 0 Å². The number of ether oxygens (including phenoxy) is 1. The summed E-state index contributed by atoms with van der Waals surface area (Å²) in [6.07, 6.45) is 0.733. The Balaban J connectivity index is 3.31. The number of benzene rings is 1. The van der Waals surface area contributed by atoms with Gasteiger partial charge in [-0.2, -0.15) is 0 Å². The second-order valence-electron chi connectivity index (χ2n) is 3.33. The number of carbonyl (C=O) groups excluding carboxylic acids is 2. The molecule has 0 unspecified atom stereocenters. The van der Waals surface area contributed by atoms with E-state index in [9.17, 15) is 9.59 Å². The Hall–Kier alpha value is -2.04. The fourth-order valence-corrected chi connectivity index (χ4v) is 1.62. The normalized spacial score (nSPS) is 9.59. The molecule has 0 radical (unpaired) electrons. The van der Waals surface area contributed by atoms with Crippen molar-refractivity contribution in [2.45, 2.75) is 6.92 Å². The molecule has 0 aliphatic heterocycles. The van der Waals surface area contributed by atoms with Gasteiger partial charge in [0, 0.05) is 13.6 Å². The molecule has 1 aromatic rings. The topological polar surface area (TPSA) is 58.6 Å². The maximum absolute atomic E-state index is 11.6. The molecule has 0 spiro atoms. The smallest absolute Gasteiger partial charge is 0.340 e. The predicted octanol–water partition coefficient (Wildman–Crippen LogP) is 1.50. The van der Waals surface area contributed by atoms with Crippen molar-refractivity contribution >= 4 is 23.8 Å². The van der Waals surface area contributed by atoms with Crippen LogP contribution in [0.5, 0.6) is 0 Å². The van der Waals surface area contributed by atoms with Crippen molar-refractivity contribution in [1.29, 1.82) is 0 Å². The number of amides is 1. The minimum absolute atomic E-state index is 0.410. The van der Waals surface area contributed by atoms with E-state index < -0.39 is 5.97 Å². The zero-order valence-corrected chi connectivity index (χ0v) is 10.2. The van der Waals surface area contributed by atoms with Gasteiger partial charge in [0.25, 0.3) is 0 Å². The van der Waals surface area contributed by atoms with Crippen LogP contribution in [-0.4, -0.2) is 33.1 Å². The summed E-state index contributed by atoms with van der Waals surface area (Å²) < 4.78 is 4.69. The van der Waals surface area contributed by atoms with Crippen molar-refractivity contribution in [3.05, 3.63) is 23.8 Å². The van der Waals surface area contributed by atoms with E-state index in [0.29, 0.717) is 23.5 Å². The Morgan fingerprint density at radius 1 is 1.53 bits per heavy atom. The number of nitrogens with one attached hydrogen (secondary N) is 1. The van der Waals surface area contributed by atoms with Crippen LogP contribution in [0, 0.1) is 0 Å². The minimum atomic E-state index is -0.432. The Morgan fingerprint density at radius 2 is 2.24 bits per heavy atom. The van der Waals surface area contributed by atoms with E-state index in [0.717, 1.165) is 6.41 Å². The highest BCUT2D eigenvalue weighted by molar-refractivity contribution is 6.00. The van der Waals surface area contributed by atoms with Crippen LogP contribution in [0.2, 0.25) is 0 Å². The summed E-state index contributed by atoms with van der Waals surface area (Å²) in [4.78, 5) is 24.0. The second kappa shape index (κ2) is 5.89. The van der Waals surface area contributed by atoms with Gasteiger partial charge in [-0.25, -0.2) is 4.79 Å². The zero-order valence-electron chi connectivity index (χ0n) is 10.2. The van der Waals surface area contributed by atoms with Crippen LogP contribution in [0.25, 0.3) is 0 Å². The third-order valence-corrected chi connectivity index (χ3v) is 2.48. The van der Waals surface area contributed by atoms with Gasteiger partial charge in [-0.05, 0) is 19.1 Å². The van der Waals surface area contributed by atoms with Crippen molar-refractivity contribution in [2.75, 3.05) is 30.9 Å². The maximum atomic E-state index is 11.6. The van der Waals surface area contributed by atoms with Crippen molar-refractivity contribution < 1.29 is 14.3 Å². The molecule has 1 N–H and O–H groups in total. The van der Waals surface area contributed by atoms with Gasteiger partial charge in [0.05, 0.1) is 24.0 Å². The summed E-state index contributed by atoms with van der Waals surface area (Å²) in [7, 11) is 3.02. The van der Waals surface area contributed by atoms with Gasteiger partial charge in [0.15, 0.2) is 0 Å². The van der Waals surface area contributed by atoms with E-state index in [-0.39, 0.29) is 0 Å². The number of para-hydroxylation sites is 1. The molecule has 1 aromatic carbocycles. The number of anilines is 2. The molecule has 0 aromatic heterocycles. The molecule has 0 fully saturated rings. The maximum Gasteiger partial charge on any atom is 0.340 e. The molecule has 0 aliphatic rings. The molecule has 0 heterocycles. The lowest BCUT2D eigenvalue weighted by Gasteiger charge is -2.20.